The zero-order chi connectivity index (χ0) is 15.6. The quantitative estimate of drug-likeness (QED) is 0.649. The summed E-state index contributed by atoms with van der Waals surface area (Å²) in [6.45, 7) is 0. The van der Waals surface area contributed by atoms with Crippen molar-refractivity contribution in [3.8, 4) is 0 Å². The number of carboxylic acids is 2. The van der Waals surface area contributed by atoms with Gasteiger partial charge in [0.2, 0.25) is 0 Å². The van der Waals surface area contributed by atoms with E-state index in [0.717, 1.165) is 5.56 Å². The molecule has 1 aliphatic carbocycles. The van der Waals surface area contributed by atoms with Crippen LogP contribution in [0.3, 0.4) is 0 Å². The van der Waals surface area contributed by atoms with Crippen molar-refractivity contribution < 1.29 is 24.7 Å². The summed E-state index contributed by atoms with van der Waals surface area (Å²) in [4.78, 5) is 32.4. The lowest BCUT2D eigenvalue weighted by Gasteiger charge is -2.31. The minimum absolute atomic E-state index is 0.0206. The van der Waals surface area contributed by atoms with Gasteiger partial charge in [0.15, 0.2) is 0 Å². The minimum atomic E-state index is -1.10. The predicted octanol–water partition coefficient (Wildman–Crippen LogP) is 2.26. The molecule has 2 rings (SSSR count). The first-order valence-corrected chi connectivity index (χ1v) is 6.60. The molecule has 0 bridgehead atoms. The normalized spacial score (nSPS) is 25.2. The van der Waals surface area contributed by atoms with Crippen LogP contribution in [0.15, 0.2) is 24.3 Å². The Bertz CT molecular complexity index is 567. The van der Waals surface area contributed by atoms with Crippen LogP contribution in [0, 0.1) is 22.0 Å². The highest BCUT2D eigenvalue weighted by molar-refractivity contribution is 5.80. The van der Waals surface area contributed by atoms with Crippen LogP contribution in [-0.4, -0.2) is 27.1 Å². The molecule has 1 aromatic rings. The lowest BCUT2D eigenvalue weighted by Crippen LogP contribution is -2.35. The number of non-ortho nitro benzene ring substituents is 1. The van der Waals surface area contributed by atoms with Crippen molar-refractivity contribution in [3.05, 3.63) is 39.9 Å². The van der Waals surface area contributed by atoms with Gasteiger partial charge in [-0.1, -0.05) is 12.1 Å². The second-order valence-corrected chi connectivity index (χ2v) is 5.25. The largest absolute Gasteiger partial charge is 0.481 e. The summed E-state index contributed by atoms with van der Waals surface area (Å²) in [6.07, 6.45) is 1.11. The highest BCUT2D eigenvalue weighted by Gasteiger charge is 2.39. The first-order chi connectivity index (χ1) is 9.90. The van der Waals surface area contributed by atoms with Crippen LogP contribution in [-0.2, 0) is 9.59 Å². The second-order valence-electron chi connectivity index (χ2n) is 5.25. The Hall–Kier alpha value is -2.44. The third kappa shape index (κ3) is 3.18. The van der Waals surface area contributed by atoms with E-state index in [0.29, 0.717) is 12.8 Å². The topological polar surface area (TPSA) is 118 Å². The van der Waals surface area contributed by atoms with E-state index in [1.165, 1.54) is 12.1 Å². The maximum absolute atomic E-state index is 11.2. The number of nitro groups is 1. The maximum Gasteiger partial charge on any atom is 0.307 e. The molecule has 1 saturated carbocycles. The molecule has 0 amide bonds. The molecule has 0 saturated heterocycles. The molecule has 0 radical (unpaired) electrons. The molecule has 0 aromatic heterocycles. The van der Waals surface area contributed by atoms with Crippen LogP contribution >= 0.6 is 0 Å². The number of hydrogen-bond acceptors (Lipinski definition) is 4. The molecule has 21 heavy (non-hydrogen) atoms. The van der Waals surface area contributed by atoms with Gasteiger partial charge < -0.3 is 10.2 Å². The summed E-state index contributed by atoms with van der Waals surface area (Å²) in [7, 11) is 0. The number of aliphatic carboxylic acids is 2. The van der Waals surface area contributed by atoms with Crippen LogP contribution in [0.1, 0.15) is 30.7 Å². The summed E-state index contributed by atoms with van der Waals surface area (Å²) in [5, 5.41) is 28.9. The van der Waals surface area contributed by atoms with E-state index < -0.39 is 28.7 Å². The molecule has 1 aromatic carbocycles. The lowest BCUT2D eigenvalue weighted by molar-refractivity contribution is -0.384. The standard InChI is InChI=1S/C14H15NO6/c16-13(17)11-6-3-9(7-12(11)14(18)19)8-1-4-10(5-2-8)15(20)21/h1-2,4-5,9,11-12H,3,6-7H2,(H,16,17)(H,18,19). The SMILES string of the molecule is O=C(O)C1CCC(c2ccc([N+](=O)[O-])cc2)CC1C(=O)O. The Kier molecular flexibility index (Phi) is 4.21. The van der Waals surface area contributed by atoms with Crippen LogP contribution in [0.5, 0.6) is 0 Å². The molecular weight excluding hydrogens is 278 g/mol. The Morgan fingerprint density at radius 3 is 2.10 bits per heavy atom. The van der Waals surface area contributed by atoms with Crippen LogP contribution in [0.25, 0.3) is 0 Å². The van der Waals surface area contributed by atoms with Crippen LogP contribution in [0.2, 0.25) is 0 Å². The van der Waals surface area contributed by atoms with Crippen molar-refractivity contribution in [2.75, 3.05) is 0 Å². The molecule has 7 heteroatoms. The van der Waals surface area contributed by atoms with Crippen LogP contribution < -0.4 is 0 Å². The molecule has 0 aliphatic heterocycles. The number of benzene rings is 1. The number of nitrogens with zero attached hydrogens (tertiary/aromatic N) is 1. The monoisotopic (exact) mass is 293 g/mol. The fraction of sp³-hybridized carbons (Fsp3) is 0.429. The molecule has 1 aliphatic rings. The van der Waals surface area contributed by atoms with Gasteiger partial charge in [-0.2, -0.15) is 0 Å². The Morgan fingerprint density at radius 2 is 1.62 bits per heavy atom. The van der Waals surface area contributed by atoms with Gasteiger partial charge in [-0.15, -0.1) is 0 Å². The van der Waals surface area contributed by atoms with Crippen molar-refractivity contribution in [2.24, 2.45) is 11.8 Å². The third-order valence-corrected chi connectivity index (χ3v) is 4.06. The predicted molar refractivity (Wildman–Crippen MR) is 71.9 cm³/mol. The molecule has 3 unspecified atom stereocenters. The van der Waals surface area contributed by atoms with E-state index in [1.54, 1.807) is 12.1 Å². The molecule has 0 spiro atoms. The Labute approximate surface area is 120 Å². The third-order valence-electron chi connectivity index (χ3n) is 4.06. The number of carboxylic acid groups (broad SMARTS) is 2. The maximum atomic E-state index is 11.2. The van der Waals surface area contributed by atoms with Gasteiger partial charge in [-0.25, -0.2) is 0 Å². The van der Waals surface area contributed by atoms with E-state index >= 15 is 0 Å². The summed E-state index contributed by atoms with van der Waals surface area (Å²) in [5.41, 5.74) is 0.795. The fourth-order valence-corrected chi connectivity index (χ4v) is 2.91. The summed E-state index contributed by atoms with van der Waals surface area (Å²) >= 11 is 0. The van der Waals surface area contributed by atoms with Crippen molar-refractivity contribution in [1.29, 1.82) is 0 Å². The van der Waals surface area contributed by atoms with Crippen molar-refractivity contribution >= 4 is 17.6 Å². The summed E-state index contributed by atoms with van der Waals surface area (Å²) in [5.74, 6) is -4.05. The van der Waals surface area contributed by atoms with E-state index in [1.807, 2.05) is 0 Å². The Balaban J connectivity index is 2.17. The van der Waals surface area contributed by atoms with Gasteiger partial charge in [-0.05, 0) is 30.7 Å². The highest BCUT2D eigenvalue weighted by atomic mass is 16.6. The van der Waals surface area contributed by atoms with E-state index in [-0.39, 0.29) is 18.0 Å². The van der Waals surface area contributed by atoms with E-state index in [2.05, 4.69) is 0 Å². The van der Waals surface area contributed by atoms with Gasteiger partial charge in [-0.3, -0.25) is 19.7 Å². The zero-order valence-corrected chi connectivity index (χ0v) is 11.1. The van der Waals surface area contributed by atoms with Crippen molar-refractivity contribution in [3.63, 3.8) is 0 Å². The first-order valence-electron chi connectivity index (χ1n) is 6.60. The Morgan fingerprint density at radius 1 is 1.05 bits per heavy atom. The highest BCUT2D eigenvalue weighted by Crippen LogP contribution is 2.40. The fourth-order valence-electron chi connectivity index (χ4n) is 2.91. The second kappa shape index (κ2) is 5.90. The molecular formula is C14H15NO6. The van der Waals surface area contributed by atoms with Gasteiger partial charge in [0.1, 0.15) is 0 Å². The van der Waals surface area contributed by atoms with Gasteiger partial charge in [0.05, 0.1) is 16.8 Å². The number of rotatable bonds is 4. The van der Waals surface area contributed by atoms with Crippen molar-refractivity contribution in [1.82, 2.24) is 0 Å². The average molecular weight is 293 g/mol. The summed E-state index contributed by atoms with van der Waals surface area (Å²) < 4.78 is 0. The number of hydrogen-bond donors (Lipinski definition) is 2. The molecule has 2 N–H and O–H groups in total. The summed E-state index contributed by atoms with van der Waals surface area (Å²) in [6, 6.07) is 5.99. The lowest BCUT2D eigenvalue weighted by atomic mass is 9.72. The number of carbonyl (C=O) groups is 2. The zero-order valence-electron chi connectivity index (χ0n) is 11.1. The molecule has 3 atom stereocenters. The minimum Gasteiger partial charge on any atom is -0.481 e. The van der Waals surface area contributed by atoms with Gasteiger partial charge in [0.25, 0.3) is 5.69 Å². The smallest absolute Gasteiger partial charge is 0.307 e. The van der Waals surface area contributed by atoms with E-state index in [4.69, 9.17) is 5.11 Å². The van der Waals surface area contributed by atoms with Gasteiger partial charge in [0, 0.05) is 12.1 Å². The molecule has 0 heterocycles. The number of nitro benzene ring substituents is 1. The van der Waals surface area contributed by atoms with E-state index in [9.17, 15) is 24.8 Å². The molecule has 1 fully saturated rings. The molecule has 7 nitrogen and oxygen atoms in total. The molecule has 112 valence electrons. The first kappa shape index (κ1) is 15.0. The average Bonchev–Trinajstić information content (AvgIpc) is 2.46. The van der Waals surface area contributed by atoms with Crippen LogP contribution in [0.4, 0.5) is 5.69 Å². The van der Waals surface area contributed by atoms with Crippen molar-refractivity contribution in [2.45, 2.75) is 25.2 Å². The van der Waals surface area contributed by atoms with Gasteiger partial charge >= 0.3 is 11.9 Å².